The Morgan fingerprint density at radius 3 is 2.59 bits per heavy atom. The molecule has 3 aliphatic rings. The number of hydrogen-bond donors (Lipinski definition) is 2. The maximum absolute atomic E-state index is 13.8. The second-order valence-corrected chi connectivity index (χ2v) is 8.61. The highest BCUT2D eigenvalue weighted by Gasteiger charge is 2.49. The van der Waals surface area contributed by atoms with E-state index in [1.54, 1.807) is 4.90 Å². The fourth-order valence-electron chi connectivity index (χ4n) is 5.36. The molecule has 1 saturated carbocycles. The molecule has 2 aromatic rings. The Hall–Kier alpha value is -3.30. The number of halogens is 3. The van der Waals surface area contributed by atoms with Crippen molar-refractivity contribution in [3.8, 4) is 5.75 Å². The van der Waals surface area contributed by atoms with Crippen molar-refractivity contribution >= 4 is 11.8 Å². The number of pyridine rings is 1. The minimum atomic E-state index is -1.18. The second-order valence-electron chi connectivity index (χ2n) is 8.61. The number of nitrogens with zero attached hydrogens (tertiary/aromatic N) is 2. The van der Waals surface area contributed by atoms with Gasteiger partial charge in [0.15, 0.2) is 11.4 Å². The molecule has 5 rings (SSSR count). The van der Waals surface area contributed by atoms with Crippen LogP contribution in [0.4, 0.5) is 13.2 Å². The third kappa shape index (κ3) is 3.08. The summed E-state index contributed by atoms with van der Waals surface area (Å²) in [7, 11) is 0. The van der Waals surface area contributed by atoms with Crippen molar-refractivity contribution < 1.29 is 27.9 Å². The number of benzene rings is 1. The highest BCUT2D eigenvalue weighted by Crippen LogP contribution is 2.44. The zero-order valence-corrected chi connectivity index (χ0v) is 16.9. The molecule has 2 aliphatic heterocycles. The normalized spacial score (nSPS) is 23.7. The SMILES string of the molecule is O=C(NCc1c(F)cc(F)cc1F)c1cn2c(c(O)c1=O)C(=O)N1[C@H]3CCCC(C3)[C@H]1C2. The van der Waals surface area contributed by atoms with E-state index in [0.717, 1.165) is 25.7 Å². The molecule has 7 nitrogen and oxygen atoms in total. The van der Waals surface area contributed by atoms with Crippen molar-refractivity contribution in [2.45, 2.75) is 50.9 Å². The maximum atomic E-state index is 13.8. The summed E-state index contributed by atoms with van der Waals surface area (Å²) in [5, 5.41) is 12.7. The van der Waals surface area contributed by atoms with Crippen molar-refractivity contribution in [3.05, 3.63) is 62.8 Å². The van der Waals surface area contributed by atoms with Crippen molar-refractivity contribution in [2.75, 3.05) is 0 Å². The van der Waals surface area contributed by atoms with Gasteiger partial charge in [0, 0.05) is 43.0 Å². The molecule has 3 heterocycles. The lowest BCUT2D eigenvalue weighted by Crippen LogP contribution is -2.49. The minimum Gasteiger partial charge on any atom is -0.503 e. The molecule has 168 valence electrons. The molecule has 2 bridgehead atoms. The summed E-state index contributed by atoms with van der Waals surface area (Å²) in [6.07, 6.45) is 4.99. The maximum Gasteiger partial charge on any atom is 0.275 e. The van der Waals surface area contributed by atoms with E-state index < -0.39 is 58.1 Å². The van der Waals surface area contributed by atoms with Crippen LogP contribution in [0.15, 0.2) is 23.1 Å². The first kappa shape index (κ1) is 20.6. The van der Waals surface area contributed by atoms with Gasteiger partial charge in [0.1, 0.15) is 23.0 Å². The molecule has 2 N–H and O–H groups in total. The van der Waals surface area contributed by atoms with E-state index in [4.69, 9.17) is 0 Å². The van der Waals surface area contributed by atoms with Gasteiger partial charge in [-0.15, -0.1) is 0 Å². The van der Waals surface area contributed by atoms with Crippen LogP contribution >= 0.6 is 0 Å². The predicted octanol–water partition coefficient (Wildman–Crippen LogP) is 2.30. The van der Waals surface area contributed by atoms with Gasteiger partial charge >= 0.3 is 0 Å². The fourth-order valence-corrected chi connectivity index (χ4v) is 5.36. The zero-order valence-electron chi connectivity index (χ0n) is 16.9. The predicted molar refractivity (Wildman–Crippen MR) is 106 cm³/mol. The average molecular weight is 447 g/mol. The largest absolute Gasteiger partial charge is 0.503 e. The zero-order chi connectivity index (χ0) is 22.7. The van der Waals surface area contributed by atoms with Gasteiger partial charge in [-0.05, 0) is 25.2 Å². The summed E-state index contributed by atoms with van der Waals surface area (Å²) in [5.74, 6) is -5.33. The number of nitrogens with one attached hydrogen (secondary N) is 1. The van der Waals surface area contributed by atoms with Crippen LogP contribution in [0.3, 0.4) is 0 Å². The van der Waals surface area contributed by atoms with Crippen LogP contribution in [-0.2, 0) is 13.1 Å². The standard InChI is InChI=1S/C22H20F3N3O4/c23-11-5-15(24)13(16(25)6-11)7-26-21(31)14-8-27-9-17-10-2-1-3-12(4-10)28(17)22(32)18(27)20(30)19(14)29/h5-6,8,10,12,17,30H,1-4,7,9H2,(H,26,31)/t10?,12-,17+/m0/s1. The number of carbonyl (C=O) groups excluding carboxylic acids is 2. The van der Waals surface area contributed by atoms with E-state index in [2.05, 4.69) is 5.32 Å². The van der Waals surface area contributed by atoms with Crippen LogP contribution in [0.25, 0.3) is 0 Å². The van der Waals surface area contributed by atoms with Crippen LogP contribution in [-0.4, -0.2) is 38.5 Å². The topological polar surface area (TPSA) is 91.6 Å². The lowest BCUT2D eigenvalue weighted by atomic mass is 9.87. The number of aromatic hydroxyl groups is 1. The average Bonchev–Trinajstić information content (AvgIpc) is 2.99. The third-order valence-corrected chi connectivity index (χ3v) is 6.84. The van der Waals surface area contributed by atoms with Gasteiger partial charge in [-0.2, -0.15) is 0 Å². The number of hydrogen-bond acceptors (Lipinski definition) is 4. The van der Waals surface area contributed by atoms with Crippen LogP contribution in [0.2, 0.25) is 0 Å². The first-order valence-corrected chi connectivity index (χ1v) is 10.5. The Morgan fingerprint density at radius 2 is 1.88 bits per heavy atom. The summed E-state index contributed by atoms with van der Waals surface area (Å²) in [6.45, 7) is -0.282. The Balaban J connectivity index is 1.45. The van der Waals surface area contributed by atoms with Crippen molar-refractivity contribution in [2.24, 2.45) is 5.92 Å². The third-order valence-electron chi connectivity index (χ3n) is 6.84. The highest BCUT2D eigenvalue weighted by atomic mass is 19.1. The van der Waals surface area contributed by atoms with Crippen molar-refractivity contribution in [1.29, 1.82) is 0 Å². The van der Waals surface area contributed by atoms with Gasteiger partial charge in [0.25, 0.3) is 11.8 Å². The number of aromatic nitrogens is 1. The first-order chi connectivity index (χ1) is 15.3. The molecule has 1 aromatic carbocycles. The molecule has 1 unspecified atom stereocenters. The Kier molecular flexibility index (Phi) is 4.75. The Labute approximate surface area is 180 Å². The second kappa shape index (κ2) is 7.39. The fraction of sp³-hybridized carbons (Fsp3) is 0.409. The van der Waals surface area contributed by atoms with E-state index in [9.17, 15) is 32.7 Å². The van der Waals surface area contributed by atoms with E-state index >= 15 is 0 Å². The molecule has 3 atom stereocenters. The van der Waals surface area contributed by atoms with Crippen LogP contribution in [0.1, 0.15) is 52.1 Å². The summed E-state index contributed by atoms with van der Waals surface area (Å²) in [5.41, 5.74) is -2.20. The van der Waals surface area contributed by atoms with Crippen LogP contribution in [0, 0.1) is 23.4 Å². The van der Waals surface area contributed by atoms with E-state index in [0.29, 0.717) is 24.6 Å². The van der Waals surface area contributed by atoms with Gasteiger partial charge in [0.05, 0.1) is 6.04 Å². The molecule has 2 amide bonds. The summed E-state index contributed by atoms with van der Waals surface area (Å²) >= 11 is 0. The molecule has 32 heavy (non-hydrogen) atoms. The van der Waals surface area contributed by atoms with Crippen molar-refractivity contribution in [3.63, 3.8) is 0 Å². The first-order valence-electron chi connectivity index (χ1n) is 10.5. The molecule has 0 radical (unpaired) electrons. The van der Waals surface area contributed by atoms with Gasteiger partial charge in [0.2, 0.25) is 5.43 Å². The number of amides is 2. The number of carbonyl (C=O) groups is 2. The molecule has 1 aromatic heterocycles. The van der Waals surface area contributed by atoms with Gasteiger partial charge in [-0.3, -0.25) is 14.4 Å². The minimum absolute atomic E-state index is 0.0669. The lowest BCUT2D eigenvalue weighted by molar-refractivity contribution is 0.0568. The quantitative estimate of drug-likeness (QED) is 0.756. The van der Waals surface area contributed by atoms with Gasteiger partial charge in [-0.25, -0.2) is 13.2 Å². The summed E-state index contributed by atoms with van der Waals surface area (Å²) in [6, 6.07) is 1.000. The molecule has 0 spiro atoms. The summed E-state index contributed by atoms with van der Waals surface area (Å²) in [4.78, 5) is 40.1. The molecule has 1 aliphatic carbocycles. The molecule has 2 fully saturated rings. The lowest BCUT2D eigenvalue weighted by Gasteiger charge is -2.36. The number of fused-ring (bicyclic) bond motifs is 6. The van der Waals surface area contributed by atoms with Crippen LogP contribution in [0.5, 0.6) is 5.75 Å². The Morgan fingerprint density at radius 1 is 1.16 bits per heavy atom. The smallest absolute Gasteiger partial charge is 0.275 e. The summed E-state index contributed by atoms with van der Waals surface area (Å²) < 4.78 is 42.1. The molecule has 10 heteroatoms. The monoisotopic (exact) mass is 447 g/mol. The van der Waals surface area contributed by atoms with E-state index in [1.807, 2.05) is 0 Å². The Bertz CT molecular complexity index is 1190. The van der Waals surface area contributed by atoms with E-state index in [-0.39, 0.29) is 17.8 Å². The number of rotatable bonds is 3. The van der Waals surface area contributed by atoms with Crippen LogP contribution < -0.4 is 10.7 Å². The van der Waals surface area contributed by atoms with Gasteiger partial charge in [-0.1, -0.05) is 6.42 Å². The van der Waals surface area contributed by atoms with Gasteiger partial charge < -0.3 is 19.9 Å². The van der Waals surface area contributed by atoms with Crippen molar-refractivity contribution in [1.82, 2.24) is 14.8 Å². The molecular weight excluding hydrogens is 427 g/mol. The molecule has 1 saturated heterocycles. The van der Waals surface area contributed by atoms with E-state index in [1.165, 1.54) is 10.8 Å². The molecular formula is C22H20F3N3O4. The highest BCUT2D eigenvalue weighted by molar-refractivity contribution is 5.99.